The van der Waals surface area contributed by atoms with Gasteiger partial charge in [-0.15, -0.1) is 0 Å². The SMILES string of the molecule is Cc1ccc(C(c2ccc(C)cc2)N2CC(=Cc3ccccc3S(C)(=O)=O)C2)cc1. The summed E-state index contributed by atoms with van der Waals surface area (Å²) < 4.78 is 24.2. The van der Waals surface area contributed by atoms with Crippen LogP contribution in [0, 0.1) is 13.8 Å². The van der Waals surface area contributed by atoms with Crippen molar-refractivity contribution in [2.75, 3.05) is 19.3 Å². The number of nitrogens with zero attached hydrogens (tertiary/aromatic N) is 1. The van der Waals surface area contributed by atoms with Crippen LogP contribution in [-0.2, 0) is 9.84 Å². The molecule has 3 aromatic rings. The Morgan fingerprint density at radius 2 is 1.30 bits per heavy atom. The van der Waals surface area contributed by atoms with Crippen LogP contribution in [-0.4, -0.2) is 32.7 Å². The van der Waals surface area contributed by atoms with Crippen LogP contribution in [0.3, 0.4) is 0 Å². The number of sulfone groups is 1. The second-order valence-electron chi connectivity index (χ2n) is 8.24. The van der Waals surface area contributed by atoms with Gasteiger partial charge < -0.3 is 0 Å². The molecule has 0 aromatic heterocycles. The summed E-state index contributed by atoms with van der Waals surface area (Å²) in [6, 6.07) is 24.9. The number of hydrogen-bond acceptors (Lipinski definition) is 3. The quantitative estimate of drug-likeness (QED) is 0.573. The average molecular weight is 418 g/mol. The molecule has 0 bridgehead atoms. The summed E-state index contributed by atoms with van der Waals surface area (Å²) >= 11 is 0. The first-order chi connectivity index (χ1) is 14.3. The van der Waals surface area contributed by atoms with E-state index in [4.69, 9.17) is 0 Å². The summed E-state index contributed by atoms with van der Waals surface area (Å²) in [7, 11) is -3.25. The van der Waals surface area contributed by atoms with Crippen molar-refractivity contribution in [2.24, 2.45) is 0 Å². The molecule has 0 aliphatic carbocycles. The minimum atomic E-state index is -3.25. The van der Waals surface area contributed by atoms with Crippen molar-refractivity contribution < 1.29 is 8.42 Å². The van der Waals surface area contributed by atoms with Crippen molar-refractivity contribution in [1.29, 1.82) is 0 Å². The van der Waals surface area contributed by atoms with Gasteiger partial charge in [0.25, 0.3) is 0 Å². The highest BCUT2D eigenvalue weighted by Gasteiger charge is 2.30. The van der Waals surface area contributed by atoms with E-state index >= 15 is 0 Å². The lowest BCUT2D eigenvalue weighted by Gasteiger charge is -2.41. The lowest BCUT2D eigenvalue weighted by molar-refractivity contribution is 0.203. The van der Waals surface area contributed by atoms with Crippen LogP contribution in [0.4, 0.5) is 0 Å². The molecule has 3 nitrogen and oxygen atoms in total. The van der Waals surface area contributed by atoms with E-state index in [1.807, 2.05) is 18.2 Å². The van der Waals surface area contributed by atoms with Gasteiger partial charge in [0, 0.05) is 19.3 Å². The predicted molar refractivity (Wildman–Crippen MR) is 123 cm³/mol. The van der Waals surface area contributed by atoms with Gasteiger partial charge in [0.2, 0.25) is 0 Å². The van der Waals surface area contributed by atoms with Crippen molar-refractivity contribution >= 4 is 15.9 Å². The standard InChI is InChI=1S/C26H27NO2S/c1-19-8-12-22(13-9-19)26(23-14-10-20(2)11-15-23)27-17-21(18-27)16-24-6-4-5-7-25(24)30(3,28)29/h4-16,26H,17-18H2,1-3H3. The molecule has 0 saturated carbocycles. The fourth-order valence-electron chi connectivity index (χ4n) is 4.02. The van der Waals surface area contributed by atoms with Gasteiger partial charge in [-0.05, 0) is 42.2 Å². The van der Waals surface area contributed by atoms with Gasteiger partial charge in [0.1, 0.15) is 0 Å². The lowest BCUT2D eigenvalue weighted by Crippen LogP contribution is -2.43. The van der Waals surface area contributed by atoms with Crippen LogP contribution in [0.1, 0.15) is 33.9 Å². The second-order valence-corrected chi connectivity index (χ2v) is 10.2. The Bertz CT molecular complexity index is 1120. The smallest absolute Gasteiger partial charge is 0.176 e. The largest absolute Gasteiger partial charge is 0.284 e. The molecule has 0 unspecified atom stereocenters. The van der Waals surface area contributed by atoms with Crippen LogP contribution in [0.5, 0.6) is 0 Å². The van der Waals surface area contributed by atoms with E-state index in [9.17, 15) is 8.42 Å². The number of benzene rings is 3. The number of rotatable bonds is 5. The third kappa shape index (κ3) is 4.40. The van der Waals surface area contributed by atoms with Crippen molar-refractivity contribution in [3.8, 4) is 0 Å². The molecule has 0 N–H and O–H groups in total. The maximum Gasteiger partial charge on any atom is 0.176 e. The Labute approximate surface area is 179 Å². The average Bonchev–Trinajstić information content (AvgIpc) is 2.68. The van der Waals surface area contributed by atoms with E-state index in [1.54, 1.807) is 12.1 Å². The molecule has 30 heavy (non-hydrogen) atoms. The minimum absolute atomic E-state index is 0.188. The monoisotopic (exact) mass is 417 g/mol. The Kier molecular flexibility index (Phi) is 5.63. The van der Waals surface area contributed by atoms with E-state index in [-0.39, 0.29) is 6.04 Å². The second kappa shape index (κ2) is 8.21. The number of hydrogen-bond donors (Lipinski definition) is 0. The van der Waals surface area contributed by atoms with Gasteiger partial charge in [0.15, 0.2) is 9.84 Å². The summed E-state index contributed by atoms with van der Waals surface area (Å²) in [5, 5.41) is 0. The Hall–Kier alpha value is -2.69. The Morgan fingerprint density at radius 3 is 1.80 bits per heavy atom. The third-order valence-corrected chi connectivity index (χ3v) is 6.81. The summed E-state index contributed by atoms with van der Waals surface area (Å²) in [6.07, 6.45) is 3.30. The summed E-state index contributed by atoms with van der Waals surface area (Å²) in [5.74, 6) is 0. The van der Waals surface area contributed by atoms with Gasteiger partial charge in [-0.2, -0.15) is 0 Å². The zero-order chi connectivity index (χ0) is 21.3. The minimum Gasteiger partial charge on any atom is -0.284 e. The molecule has 1 aliphatic rings. The molecule has 1 heterocycles. The normalized spacial score (nSPS) is 14.6. The molecule has 0 amide bonds. The fraction of sp³-hybridized carbons (Fsp3) is 0.231. The molecule has 4 rings (SSSR count). The topological polar surface area (TPSA) is 37.4 Å². The molecule has 3 aromatic carbocycles. The van der Waals surface area contributed by atoms with Crippen LogP contribution < -0.4 is 0 Å². The molecule has 1 aliphatic heterocycles. The van der Waals surface area contributed by atoms with Crippen LogP contribution in [0.2, 0.25) is 0 Å². The molecular weight excluding hydrogens is 390 g/mol. The number of aryl methyl sites for hydroxylation is 2. The molecule has 0 atom stereocenters. The van der Waals surface area contributed by atoms with E-state index in [1.165, 1.54) is 34.1 Å². The first kappa shape index (κ1) is 20.6. The molecular formula is C26H27NO2S. The first-order valence-corrected chi connectivity index (χ1v) is 12.1. The molecule has 4 heteroatoms. The van der Waals surface area contributed by atoms with E-state index in [2.05, 4.69) is 67.3 Å². The highest BCUT2D eigenvalue weighted by atomic mass is 32.2. The Balaban J connectivity index is 1.62. The predicted octanol–water partition coefficient (Wildman–Crippen LogP) is 5.20. The summed E-state index contributed by atoms with van der Waals surface area (Å²) in [5.41, 5.74) is 7.08. The van der Waals surface area contributed by atoms with Crippen molar-refractivity contribution in [3.63, 3.8) is 0 Å². The summed E-state index contributed by atoms with van der Waals surface area (Å²) in [4.78, 5) is 2.83. The fourth-order valence-corrected chi connectivity index (χ4v) is 4.90. The van der Waals surface area contributed by atoms with Gasteiger partial charge in [0.05, 0.1) is 10.9 Å². The van der Waals surface area contributed by atoms with E-state index < -0.39 is 9.84 Å². The van der Waals surface area contributed by atoms with Gasteiger partial charge >= 0.3 is 0 Å². The molecule has 0 spiro atoms. The van der Waals surface area contributed by atoms with Crippen LogP contribution >= 0.6 is 0 Å². The van der Waals surface area contributed by atoms with Crippen LogP contribution in [0.25, 0.3) is 6.08 Å². The van der Waals surface area contributed by atoms with E-state index in [0.29, 0.717) is 4.90 Å². The zero-order valence-electron chi connectivity index (χ0n) is 17.7. The van der Waals surface area contributed by atoms with Crippen LogP contribution in [0.15, 0.2) is 83.3 Å². The maximum atomic E-state index is 12.1. The van der Waals surface area contributed by atoms with Gasteiger partial charge in [-0.1, -0.05) is 83.9 Å². The molecule has 0 radical (unpaired) electrons. The van der Waals surface area contributed by atoms with Crippen molar-refractivity contribution in [1.82, 2.24) is 4.90 Å². The highest BCUT2D eigenvalue weighted by Crippen LogP contribution is 2.35. The Morgan fingerprint density at radius 1 is 0.800 bits per heavy atom. The van der Waals surface area contributed by atoms with E-state index in [0.717, 1.165) is 18.7 Å². The van der Waals surface area contributed by atoms with Crippen molar-refractivity contribution in [3.05, 3.63) is 106 Å². The number of likely N-dealkylation sites (tertiary alicyclic amines) is 1. The summed E-state index contributed by atoms with van der Waals surface area (Å²) in [6.45, 7) is 5.86. The van der Waals surface area contributed by atoms with Gasteiger partial charge in [-0.25, -0.2) is 8.42 Å². The lowest BCUT2D eigenvalue weighted by atomic mass is 9.91. The maximum absolute atomic E-state index is 12.1. The molecule has 1 fully saturated rings. The highest BCUT2D eigenvalue weighted by molar-refractivity contribution is 7.90. The third-order valence-electron chi connectivity index (χ3n) is 5.64. The zero-order valence-corrected chi connectivity index (χ0v) is 18.5. The first-order valence-electron chi connectivity index (χ1n) is 10.2. The van der Waals surface area contributed by atoms with Crippen molar-refractivity contribution in [2.45, 2.75) is 24.8 Å². The molecule has 154 valence electrons. The van der Waals surface area contributed by atoms with Gasteiger partial charge in [-0.3, -0.25) is 4.90 Å². The molecule has 1 saturated heterocycles.